The van der Waals surface area contributed by atoms with E-state index >= 15 is 0 Å². The third-order valence-electron chi connectivity index (χ3n) is 5.38. The highest BCUT2D eigenvalue weighted by molar-refractivity contribution is 6.04. The molecule has 0 aliphatic heterocycles. The third kappa shape index (κ3) is 7.25. The van der Waals surface area contributed by atoms with Crippen LogP contribution in [0.1, 0.15) is 48.6 Å². The number of rotatable bonds is 7. The number of nitrogens with zero attached hydrogens (tertiary/aromatic N) is 5. The number of carbonyl (C=O) groups excluding carboxylic acids is 2. The number of aryl methyl sites for hydroxylation is 1. The van der Waals surface area contributed by atoms with Crippen molar-refractivity contribution in [3.63, 3.8) is 0 Å². The first-order valence-corrected chi connectivity index (χ1v) is 12.1. The predicted octanol–water partition coefficient (Wildman–Crippen LogP) is 4.40. The summed E-state index contributed by atoms with van der Waals surface area (Å²) in [6.07, 6.45) is 0.572. The molecule has 4 rings (SSSR count). The quantitative estimate of drug-likeness (QED) is 0.291. The van der Waals surface area contributed by atoms with Crippen LogP contribution in [-0.2, 0) is 18.4 Å². The van der Waals surface area contributed by atoms with Gasteiger partial charge < -0.3 is 24.9 Å². The number of carbonyl (C=O) groups is 2. The van der Waals surface area contributed by atoms with Crippen molar-refractivity contribution in [2.24, 2.45) is 7.05 Å². The van der Waals surface area contributed by atoms with E-state index in [1.807, 2.05) is 0 Å². The number of nitrogens with one attached hydrogen (secondary N) is 2. The van der Waals surface area contributed by atoms with Gasteiger partial charge in [0.2, 0.25) is 5.89 Å². The first kappa shape index (κ1) is 29.2. The van der Waals surface area contributed by atoms with E-state index in [9.17, 15) is 27.9 Å². The van der Waals surface area contributed by atoms with Gasteiger partial charge in [-0.25, -0.2) is 9.78 Å². The molecule has 15 heteroatoms. The van der Waals surface area contributed by atoms with Crippen LogP contribution in [0, 0.1) is 0 Å². The number of aromatic nitrogens is 5. The second-order valence-electron chi connectivity index (χ2n) is 9.89. The molecule has 1 atom stereocenters. The molecule has 216 valence electrons. The Balaban J connectivity index is 1.55. The van der Waals surface area contributed by atoms with Crippen LogP contribution in [0.4, 0.5) is 23.7 Å². The standard InChI is InChI=1S/C26H26F3N7O5/c1-25(2,3)41-24(39)34-21(26(27,28)29)17-8-15(5-6-31-17)23-33-19(13-40-23)22(38)32-18-11-36(4)35-20(18)16-7-14(12-37)9-30-10-16/h5-11,13,21,37H,12H2,1-4H3,(H,32,38)(H,34,39). The highest BCUT2D eigenvalue weighted by atomic mass is 19.4. The molecule has 0 spiro atoms. The number of alkyl carbamates (subject to hydrolysis) is 1. The molecule has 0 aliphatic rings. The van der Waals surface area contributed by atoms with E-state index in [0.717, 1.165) is 18.5 Å². The number of halogens is 3. The van der Waals surface area contributed by atoms with Gasteiger partial charge in [0, 0.05) is 43.0 Å². The fraction of sp³-hybridized carbons (Fsp3) is 0.308. The van der Waals surface area contributed by atoms with Gasteiger partial charge in [-0.15, -0.1) is 0 Å². The lowest BCUT2D eigenvalue weighted by Crippen LogP contribution is -2.41. The minimum absolute atomic E-state index is 0.0863. The van der Waals surface area contributed by atoms with E-state index in [4.69, 9.17) is 9.15 Å². The smallest absolute Gasteiger partial charge is 0.414 e. The molecule has 12 nitrogen and oxygen atoms in total. The van der Waals surface area contributed by atoms with Crippen LogP contribution >= 0.6 is 0 Å². The summed E-state index contributed by atoms with van der Waals surface area (Å²) >= 11 is 0. The van der Waals surface area contributed by atoms with E-state index in [1.165, 1.54) is 43.9 Å². The third-order valence-corrected chi connectivity index (χ3v) is 5.38. The Morgan fingerprint density at radius 2 is 1.93 bits per heavy atom. The minimum atomic E-state index is -4.89. The number of oxazole rings is 1. The zero-order valence-corrected chi connectivity index (χ0v) is 22.4. The largest absolute Gasteiger partial charge is 0.444 e. The summed E-state index contributed by atoms with van der Waals surface area (Å²) in [6, 6.07) is 1.59. The molecule has 0 aromatic carbocycles. The maximum absolute atomic E-state index is 13.8. The SMILES string of the molecule is Cn1cc(NC(=O)c2coc(-c3ccnc(C(NC(=O)OC(C)(C)C)C(F)(F)F)c3)n2)c(-c2cncc(CO)c2)n1. The Morgan fingerprint density at radius 1 is 1.17 bits per heavy atom. The van der Waals surface area contributed by atoms with Crippen LogP contribution in [0.5, 0.6) is 0 Å². The molecule has 2 amide bonds. The molecule has 1 unspecified atom stereocenters. The number of anilines is 1. The van der Waals surface area contributed by atoms with Crippen LogP contribution in [0.15, 0.2) is 53.7 Å². The van der Waals surface area contributed by atoms with E-state index < -0.39 is 35.5 Å². The number of alkyl halides is 3. The summed E-state index contributed by atoms with van der Waals surface area (Å²) in [5.41, 5.74) is 0.200. The summed E-state index contributed by atoms with van der Waals surface area (Å²) in [7, 11) is 1.66. The van der Waals surface area contributed by atoms with Gasteiger partial charge in [-0.05, 0) is 44.5 Å². The number of aliphatic hydroxyl groups excluding tert-OH is 1. The molecule has 0 radical (unpaired) electrons. The van der Waals surface area contributed by atoms with Crippen LogP contribution in [0.3, 0.4) is 0 Å². The fourth-order valence-electron chi connectivity index (χ4n) is 3.68. The molecule has 41 heavy (non-hydrogen) atoms. The van der Waals surface area contributed by atoms with E-state index in [0.29, 0.717) is 22.5 Å². The molecule has 4 aromatic rings. The van der Waals surface area contributed by atoms with E-state index in [2.05, 4.69) is 25.4 Å². The van der Waals surface area contributed by atoms with Crippen molar-refractivity contribution in [3.05, 3.63) is 66.2 Å². The van der Waals surface area contributed by atoms with Gasteiger partial charge in [0.1, 0.15) is 17.6 Å². The Kier molecular flexibility index (Phi) is 8.10. The van der Waals surface area contributed by atoms with Gasteiger partial charge in [-0.2, -0.15) is 18.3 Å². The van der Waals surface area contributed by atoms with Gasteiger partial charge in [-0.3, -0.25) is 19.4 Å². The summed E-state index contributed by atoms with van der Waals surface area (Å²) < 4.78 is 53.3. The Bertz CT molecular complexity index is 1560. The molecule has 0 saturated heterocycles. The maximum atomic E-state index is 13.8. The molecule has 0 aliphatic carbocycles. The Hall–Kier alpha value is -4.79. The van der Waals surface area contributed by atoms with Gasteiger partial charge in [0.05, 0.1) is 18.0 Å². The molecule has 0 fully saturated rings. The van der Waals surface area contributed by atoms with Crippen LogP contribution in [0.25, 0.3) is 22.7 Å². The number of hydrogen-bond donors (Lipinski definition) is 3. The van der Waals surface area contributed by atoms with Crippen molar-refractivity contribution >= 4 is 17.7 Å². The number of ether oxygens (including phenoxy) is 1. The monoisotopic (exact) mass is 573 g/mol. The lowest BCUT2D eigenvalue weighted by Gasteiger charge is -2.25. The van der Waals surface area contributed by atoms with Gasteiger partial charge in [-0.1, -0.05) is 0 Å². The first-order valence-electron chi connectivity index (χ1n) is 12.1. The fourth-order valence-corrected chi connectivity index (χ4v) is 3.68. The predicted molar refractivity (Wildman–Crippen MR) is 138 cm³/mol. The van der Waals surface area contributed by atoms with Crippen molar-refractivity contribution in [2.45, 2.75) is 45.2 Å². The van der Waals surface area contributed by atoms with Crippen LogP contribution in [-0.4, -0.2) is 53.6 Å². The highest BCUT2D eigenvalue weighted by Gasteiger charge is 2.44. The lowest BCUT2D eigenvalue weighted by molar-refractivity contribution is -0.157. The van der Waals surface area contributed by atoms with Crippen LogP contribution in [0.2, 0.25) is 0 Å². The second-order valence-corrected chi connectivity index (χ2v) is 9.89. The first-order chi connectivity index (χ1) is 19.2. The molecule has 0 saturated carbocycles. The van der Waals surface area contributed by atoms with Gasteiger partial charge in [0.15, 0.2) is 11.7 Å². The van der Waals surface area contributed by atoms with E-state index in [-0.39, 0.29) is 23.8 Å². The van der Waals surface area contributed by atoms with Crippen molar-refractivity contribution in [1.82, 2.24) is 30.0 Å². The molecule has 3 N–H and O–H groups in total. The zero-order chi connectivity index (χ0) is 29.9. The molecule has 0 bridgehead atoms. The molecule has 4 heterocycles. The number of pyridine rings is 2. The Labute approximate surface area is 231 Å². The average molecular weight is 574 g/mol. The topological polar surface area (TPSA) is 157 Å². The summed E-state index contributed by atoms with van der Waals surface area (Å²) in [5, 5.41) is 18.2. The lowest BCUT2D eigenvalue weighted by atomic mass is 10.1. The van der Waals surface area contributed by atoms with Crippen LogP contribution < -0.4 is 10.6 Å². The summed E-state index contributed by atoms with van der Waals surface area (Å²) in [4.78, 5) is 37.0. The highest BCUT2D eigenvalue weighted by Crippen LogP contribution is 2.34. The number of hydrogen-bond acceptors (Lipinski definition) is 9. The maximum Gasteiger partial charge on any atom is 0.414 e. The van der Waals surface area contributed by atoms with Crippen molar-refractivity contribution in [1.29, 1.82) is 0 Å². The number of amides is 2. The number of aliphatic hydroxyl groups is 1. The van der Waals surface area contributed by atoms with E-state index in [1.54, 1.807) is 24.6 Å². The summed E-state index contributed by atoms with van der Waals surface area (Å²) in [5.74, 6) is -0.821. The Morgan fingerprint density at radius 3 is 2.61 bits per heavy atom. The average Bonchev–Trinajstić information content (AvgIpc) is 3.53. The summed E-state index contributed by atoms with van der Waals surface area (Å²) in [6.45, 7) is 4.33. The van der Waals surface area contributed by atoms with Crippen molar-refractivity contribution in [2.75, 3.05) is 5.32 Å². The van der Waals surface area contributed by atoms with Gasteiger partial charge in [0.25, 0.3) is 5.91 Å². The molecule has 4 aromatic heterocycles. The van der Waals surface area contributed by atoms with Crippen molar-refractivity contribution in [3.8, 4) is 22.7 Å². The molecular weight excluding hydrogens is 547 g/mol. The van der Waals surface area contributed by atoms with Gasteiger partial charge >= 0.3 is 12.3 Å². The normalized spacial score (nSPS) is 12.6. The zero-order valence-electron chi connectivity index (χ0n) is 22.4. The van der Waals surface area contributed by atoms with Crippen molar-refractivity contribution < 1.29 is 37.0 Å². The second kappa shape index (κ2) is 11.4. The minimum Gasteiger partial charge on any atom is -0.444 e. The molecular formula is C26H26F3N7O5.